The van der Waals surface area contributed by atoms with Gasteiger partial charge in [0.1, 0.15) is 11.9 Å². The van der Waals surface area contributed by atoms with Crippen LogP contribution in [0.5, 0.6) is 0 Å². The minimum atomic E-state index is -0.714. The van der Waals surface area contributed by atoms with E-state index in [1.54, 1.807) is 6.07 Å². The fraction of sp³-hybridized carbons (Fsp3) is 0.462. The second-order valence-electron chi connectivity index (χ2n) is 4.59. The molecule has 3 N–H and O–H groups in total. The average Bonchev–Trinajstić information content (AvgIpc) is 2.95. The fourth-order valence-corrected chi connectivity index (χ4v) is 2.21. The first kappa shape index (κ1) is 15.2. The van der Waals surface area contributed by atoms with Gasteiger partial charge in [-0.3, -0.25) is 16.2 Å². The second kappa shape index (κ2) is 6.99. The molecule has 1 aliphatic rings. The van der Waals surface area contributed by atoms with Crippen LogP contribution < -0.4 is 16.2 Å². The number of benzene rings is 1. The lowest BCUT2D eigenvalue weighted by atomic mass is 10.1. The van der Waals surface area contributed by atoms with Crippen molar-refractivity contribution in [3.8, 4) is 0 Å². The maximum absolute atomic E-state index is 13.5. The summed E-state index contributed by atoms with van der Waals surface area (Å²) in [4.78, 5) is 11.8. The topological polar surface area (TPSA) is 62.4 Å². The quantitative estimate of drug-likeness (QED) is 0.712. The van der Waals surface area contributed by atoms with Crippen LogP contribution in [0.25, 0.3) is 0 Å². The van der Waals surface area contributed by atoms with Gasteiger partial charge < -0.3 is 4.74 Å². The van der Waals surface area contributed by atoms with Crippen LogP contribution in [-0.4, -0.2) is 32.2 Å². The van der Waals surface area contributed by atoms with Crippen molar-refractivity contribution >= 4 is 17.6 Å². The summed E-state index contributed by atoms with van der Waals surface area (Å²) in [6.07, 6.45) is 0.954. The van der Waals surface area contributed by atoms with E-state index >= 15 is 0 Å². The zero-order valence-electron chi connectivity index (χ0n) is 11.1. The van der Waals surface area contributed by atoms with Crippen molar-refractivity contribution in [3.63, 3.8) is 0 Å². The van der Waals surface area contributed by atoms with Gasteiger partial charge in [-0.05, 0) is 24.1 Å². The molecule has 7 heteroatoms. The van der Waals surface area contributed by atoms with Crippen molar-refractivity contribution in [2.45, 2.75) is 18.5 Å². The van der Waals surface area contributed by atoms with Crippen molar-refractivity contribution in [1.29, 1.82) is 0 Å². The molecule has 2 unspecified atom stereocenters. The number of methoxy groups -OCH3 is 1. The molecule has 110 valence electrons. The van der Waals surface area contributed by atoms with Crippen molar-refractivity contribution < 1.29 is 13.9 Å². The molecular weight excluding hydrogens is 285 g/mol. The number of rotatable bonds is 5. The first-order chi connectivity index (χ1) is 9.61. The molecule has 1 saturated heterocycles. The van der Waals surface area contributed by atoms with Crippen LogP contribution in [0.2, 0.25) is 5.02 Å². The molecule has 20 heavy (non-hydrogen) atoms. The van der Waals surface area contributed by atoms with E-state index in [1.807, 2.05) is 0 Å². The van der Waals surface area contributed by atoms with Gasteiger partial charge in [0.2, 0.25) is 0 Å². The summed E-state index contributed by atoms with van der Waals surface area (Å²) < 4.78 is 18.3. The van der Waals surface area contributed by atoms with Gasteiger partial charge in [-0.1, -0.05) is 17.7 Å². The van der Waals surface area contributed by atoms with E-state index in [9.17, 15) is 9.18 Å². The van der Waals surface area contributed by atoms with Crippen LogP contribution >= 0.6 is 11.6 Å². The summed E-state index contributed by atoms with van der Waals surface area (Å²) in [7, 11) is 1.30. The highest BCUT2D eigenvalue weighted by Gasteiger charge is 2.24. The van der Waals surface area contributed by atoms with Gasteiger partial charge in [-0.2, -0.15) is 0 Å². The molecule has 0 radical (unpaired) electrons. The van der Waals surface area contributed by atoms with Crippen molar-refractivity contribution in [1.82, 2.24) is 16.2 Å². The van der Waals surface area contributed by atoms with Gasteiger partial charge in [0.25, 0.3) is 0 Å². The summed E-state index contributed by atoms with van der Waals surface area (Å²) in [6, 6.07) is 3.80. The van der Waals surface area contributed by atoms with E-state index in [-0.39, 0.29) is 11.1 Å². The van der Waals surface area contributed by atoms with Crippen molar-refractivity contribution in [2.24, 2.45) is 0 Å². The van der Waals surface area contributed by atoms with Crippen LogP contribution in [0.4, 0.5) is 4.39 Å². The summed E-state index contributed by atoms with van der Waals surface area (Å²) in [5.74, 6) is -1.02. The molecule has 0 bridgehead atoms. The largest absolute Gasteiger partial charge is 0.468 e. The summed E-state index contributed by atoms with van der Waals surface area (Å²) in [6.45, 7) is 1.45. The molecule has 5 nitrogen and oxygen atoms in total. The number of carbonyl (C=O) groups excluding carboxylic acids is 1. The Morgan fingerprint density at radius 3 is 3.05 bits per heavy atom. The highest BCUT2D eigenvalue weighted by molar-refractivity contribution is 6.30. The van der Waals surface area contributed by atoms with Gasteiger partial charge in [0, 0.05) is 19.1 Å². The first-order valence-electron chi connectivity index (χ1n) is 6.36. The lowest BCUT2D eigenvalue weighted by Crippen LogP contribution is -2.41. The average molecular weight is 302 g/mol. The highest BCUT2D eigenvalue weighted by atomic mass is 35.5. The third-order valence-electron chi connectivity index (χ3n) is 3.21. The Morgan fingerprint density at radius 1 is 1.65 bits per heavy atom. The van der Waals surface area contributed by atoms with Crippen LogP contribution in [0.3, 0.4) is 0 Å². The maximum atomic E-state index is 13.5. The van der Waals surface area contributed by atoms with Gasteiger partial charge in [0.15, 0.2) is 0 Å². The molecule has 1 heterocycles. The predicted molar refractivity (Wildman–Crippen MR) is 73.7 cm³/mol. The van der Waals surface area contributed by atoms with E-state index in [4.69, 9.17) is 16.3 Å². The standard InChI is InChI=1S/C13H17ClFN3O2/c1-20-13(19)12(16-7-9-4-5-17-18-9)8-2-3-10(14)11(15)6-8/h2-3,6,9,12,16-18H,4-5,7H2,1H3. The van der Waals surface area contributed by atoms with Crippen molar-refractivity contribution in [3.05, 3.63) is 34.6 Å². The van der Waals surface area contributed by atoms with E-state index in [1.165, 1.54) is 19.2 Å². The fourth-order valence-electron chi connectivity index (χ4n) is 2.10. The Bertz CT molecular complexity index is 481. The predicted octanol–water partition coefficient (Wildman–Crippen LogP) is 1.15. The number of hydrazine groups is 1. The summed E-state index contributed by atoms with van der Waals surface area (Å²) in [5.41, 5.74) is 6.58. The Morgan fingerprint density at radius 2 is 2.45 bits per heavy atom. The van der Waals surface area contributed by atoms with Gasteiger partial charge in [-0.15, -0.1) is 0 Å². The number of esters is 1. The number of carbonyl (C=O) groups is 1. The van der Waals surface area contributed by atoms with E-state index < -0.39 is 17.8 Å². The van der Waals surface area contributed by atoms with Gasteiger partial charge >= 0.3 is 5.97 Å². The highest BCUT2D eigenvalue weighted by Crippen LogP contribution is 2.21. The SMILES string of the molecule is COC(=O)C(NCC1CCNN1)c1ccc(Cl)c(F)c1. The first-order valence-corrected chi connectivity index (χ1v) is 6.74. The number of ether oxygens (including phenoxy) is 1. The Balaban J connectivity index is 2.09. The normalized spacial score (nSPS) is 19.9. The molecule has 0 saturated carbocycles. The smallest absolute Gasteiger partial charge is 0.327 e. The zero-order valence-corrected chi connectivity index (χ0v) is 11.8. The van der Waals surface area contributed by atoms with Gasteiger partial charge in [0.05, 0.1) is 12.1 Å². The molecule has 0 spiro atoms. The third kappa shape index (κ3) is 3.67. The molecule has 0 aliphatic carbocycles. The molecule has 2 atom stereocenters. The van der Waals surface area contributed by atoms with E-state index in [0.29, 0.717) is 12.1 Å². The third-order valence-corrected chi connectivity index (χ3v) is 3.51. The zero-order chi connectivity index (χ0) is 14.5. The molecule has 1 aromatic rings. The molecule has 0 aromatic heterocycles. The Kier molecular flexibility index (Phi) is 5.31. The molecular formula is C13H17ClFN3O2. The van der Waals surface area contributed by atoms with Crippen LogP contribution in [0.1, 0.15) is 18.0 Å². The number of nitrogens with one attached hydrogen (secondary N) is 3. The molecule has 2 rings (SSSR count). The van der Waals surface area contributed by atoms with Crippen LogP contribution in [0, 0.1) is 5.82 Å². The lowest BCUT2D eigenvalue weighted by Gasteiger charge is -2.19. The maximum Gasteiger partial charge on any atom is 0.327 e. The lowest BCUT2D eigenvalue weighted by molar-refractivity contribution is -0.143. The van der Waals surface area contributed by atoms with Gasteiger partial charge in [-0.25, -0.2) is 9.18 Å². The second-order valence-corrected chi connectivity index (χ2v) is 5.00. The Labute approximate surface area is 121 Å². The molecule has 1 fully saturated rings. The minimum absolute atomic E-state index is 0.0269. The van der Waals surface area contributed by atoms with Crippen LogP contribution in [-0.2, 0) is 9.53 Å². The monoisotopic (exact) mass is 301 g/mol. The van der Waals surface area contributed by atoms with E-state index in [0.717, 1.165) is 13.0 Å². The minimum Gasteiger partial charge on any atom is -0.468 e. The molecule has 1 aliphatic heterocycles. The summed E-state index contributed by atoms with van der Waals surface area (Å²) >= 11 is 5.65. The number of hydrogen-bond acceptors (Lipinski definition) is 5. The Hall–Kier alpha value is -1.21. The molecule has 1 aromatic carbocycles. The number of hydrogen-bond donors (Lipinski definition) is 3. The number of halogens is 2. The van der Waals surface area contributed by atoms with E-state index in [2.05, 4.69) is 16.2 Å². The summed E-state index contributed by atoms with van der Waals surface area (Å²) in [5, 5.41) is 3.12. The van der Waals surface area contributed by atoms with Crippen molar-refractivity contribution in [2.75, 3.05) is 20.2 Å². The molecule has 0 amide bonds. The van der Waals surface area contributed by atoms with Crippen LogP contribution in [0.15, 0.2) is 18.2 Å².